The number of ether oxygens (including phenoxy) is 1. The lowest BCUT2D eigenvalue weighted by molar-refractivity contribution is 0.220. The molecule has 1 atom stereocenters. The molecule has 0 saturated carbocycles. The van der Waals surface area contributed by atoms with Gasteiger partial charge in [-0.3, -0.25) is 0 Å². The summed E-state index contributed by atoms with van der Waals surface area (Å²) in [4.78, 5) is 2.73. The molecule has 0 amide bonds. The van der Waals surface area contributed by atoms with Crippen LogP contribution in [0.4, 0.5) is 0 Å². The molecule has 106 valence electrons. The third-order valence-electron chi connectivity index (χ3n) is 3.41. The van der Waals surface area contributed by atoms with Crippen molar-refractivity contribution in [2.45, 2.75) is 32.7 Å². The van der Waals surface area contributed by atoms with E-state index in [1.54, 1.807) is 0 Å². The summed E-state index contributed by atoms with van der Waals surface area (Å²) < 4.78 is 5.77. The second-order valence-electron chi connectivity index (χ2n) is 4.80. The van der Waals surface area contributed by atoms with Crippen molar-refractivity contribution in [3.8, 4) is 5.75 Å². The van der Waals surface area contributed by atoms with Crippen LogP contribution in [-0.2, 0) is 0 Å². The van der Waals surface area contributed by atoms with Crippen LogP contribution in [0.5, 0.6) is 5.75 Å². The average Bonchev–Trinajstić information content (AvgIpc) is 2.42. The Balaban J connectivity index is 2.40. The Morgan fingerprint density at radius 2 is 2.11 bits per heavy atom. The Hall–Kier alpha value is -1.13. The molecule has 0 aliphatic heterocycles. The molecule has 1 aromatic rings. The van der Waals surface area contributed by atoms with Gasteiger partial charge in [-0.2, -0.15) is 0 Å². The molecular weight excluding hydrogens is 256 g/mol. The first-order chi connectivity index (χ1) is 9.06. The van der Waals surface area contributed by atoms with E-state index in [0.717, 1.165) is 24.3 Å². The topological polar surface area (TPSA) is 38.5 Å². The summed E-state index contributed by atoms with van der Waals surface area (Å²) in [6.07, 6.45) is 2.16. The number of thiocarbonyl (C=S) groups is 1. The molecule has 1 unspecified atom stereocenters. The average molecular weight is 280 g/mol. The predicted octanol–water partition coefficient (Wildman–Crippen LogP) is 2.82. The van der Waals surface area contributed by atoms with E-state index in [-0.39, 0.29) is 0 Å². The van der Waals surface area contributed by atoms with Crippen molar-refractivity contribution < 1.29 is 4.74 Å². The molecule has 0 spiro atoms. The molecule has 1 rings (SSSR count). The maximum atomic E-state index is 5.77. The molecule has 1 aromatic carbocycles. The van der Waals surface area contributed by atoms with Gasteiger partial charge in [0.25, 0.3) is 0 Å². The van der Waals surface area contributed by atoms with Gasteiger partial charge in [0, 0.05) is 12.6 Å². The fraction of sp³-hybridized carbons (Fsp3) is 0.533. The van der Waals surface area contributed by atoms with Crippen LogP contribution >= 0.6 is 12.2 Å². The van der Waals surface area contributed by atoms with Crippen molar-refractivity contribution in [1.29, 1.82) is 0 Å². The molecule has 0 fully saturated rings. The highest BCUT2D eigenvalue weighted by Gasteiger charge is 2.07. The van der Waals surface area contributed by atoms with E-state index < -0.39 is 0 Å². The largest absolute Gasteiger partial charge is 0.493 e. The molecule has 2 N–H and O–H groups in total. The van der Waals surface area contributed by atoms with Crippen molar-refractivity contribution in [1.82, 2.24) is 4.90 Å². The van der Waals surface area contributed by atoms with Gasteiger partial charge in [0.1, 0.15) is 10.7 Å². The van der Waals surface area contributed by atoms with Crippen LogP contribution in [0.2, 0.25) is 0 Å². The number of benzene rings is 1. The van der Waals surface area contributed by atoms with E-state index >= 15 is 0 Å². The number of rotatable bonds is 8. The Morgan fingerprint density at radius 3 is 2.74 bits per heavy atom. The first kappa shape index (κ1) is 15.9. The summed E-state index contributed by atoms with van der Waals surface area (Å²) in [5.41, 5.74) is 6.48. The standard InChI is InChI=1S/C15H24N2OS/c1-4-12(2)17(3)10-7-11-18-14-9-6-5-8-13(14)15(16)19/h5-6,8-9,12H,4,7,10-11H2,1-3H3,(H2,16,19). The van der Waals surface area contributed by atoms with Crippen LogP contribution in [0.15, 0.2) is 24.3 Å². The first-order valence-corrected chi connectivity index (χ1v) is 7.19. The number of nitrogens with two attached hydrogens (primary N) is 1. The molecule has 19 heavy (non-hydrogen) atoms. The minimum atomic E-state index is 0.382. The van der Waals surface area contributed by atoms with Gasteiger partial charge in [-0.05, 0) is 38.9 Å². The molecule has 0 heterocycles. The highest BCUT2D eigenvalue weighted by atomic mass is 32.1. The summed E-state index contributed by atoms with van der Waals surface area (Å²) in [5.74, 6) is 0.779. The second kappa shape index (κ2) is 8.12. The molecule has 3 nitrogen and oxygen atoms in total. The summed E-state index contributed by atoms with van der Waals surface area (Å²) in [7, 11) is 2.15. The van der Waals surface area contributed by atoms with Crippen molar-refractivity contribution >= 4 is 17.2 Å². The Morgan fingerprint density at radius 1 is 1.42 bits per heavy atom. The van der Waals surface area contributed by atoms with Crippen LogP contribution in [0.1, 0.15) is 32.3 Å². The third-order valence-corrected chi connectivity index (χ3v) is 3.63. The van der Waals surface area contributed by atoms with Gasteiger partial charge < -0.3 is 15.4 Å². The van der Waals surface area contributed by atoms with Gasteiger partial charge in [0.15, 0.2) is 0 Å². The molecule has 0 aliphatic rings. The van der Waals surface area contributed by atoms with E-state index in [4.69, 9.17) is 22.7 Å². The number of para-hydroxylation sites is 1. The summed E-state index contributed by atoms with van der Waals surface area (Å²) >= 11 is 5.01. The van der Waals surface area contributed by atoms with E-state index in [1.165, 1.54) is 6.42 Å². The Kier molecular flexibility index (Phi) is 6.81. The van der Waals surface area contributed by atoms with Crippen molar-refractivity contribution in [2.24, 2.45) is 5.73 Å². The highest BCUT2D eigenvalue weighted by Crippen LogP contribution is 2.17. The monoisotopic (exact) mass is 280 g/mol. The summed E-state index contributed by atoms with van der Waals surface area (Å²) in [6.45, 7) is 6.16. The zero-order chi connectivity index (χ0) is 14.3. The van der Waals surface area contributed by atoms with Crippen LogP contribution in [0, 0.1) is 0 Å². The maximum absolute atomic E-state index is 5.77. The minimum Gasteiger partial charge on any atom is -0.493 e. The van der Waals surface area contributed by atoms with Gasteiger partial charge in [-0.25, -0.2) is 0 Å². The predicted molar refractivity (Wildman–Crippen MR) is 84.8 cm³/mol. The number of hydrogen-bond donors (Lipinski definition) is 1. The van der Waals surface area contributed by atoms with Crippen molar-refractivity contribution in [3.05, 3.63) is 29.8 Å². The zero-order valence-corrected chi connectivity index (χ0v) is 12.9. The zero-order valence-electron chi connectivity index (χ0n) is 12.1. The van der Waals surface area contributed by atoms with E-state index in [0.29, 0.717) is 17.6 Å². The maximum Gasteiger partial charge on any atom is 0.129 e. The first-order valence-electron chi connectivity index (χ1n) is 6.78. The lowest BCUT2D eigenvalue weighted by Gasteiger charge is -2.23. The van der Waals surface area contributed by atoms with E-state index in [9.17, 15) is 0 Å². The normalized spacial score (nSPS) is 12.4. The smallest absolute Gasteiger partial charge is 0.129 e. The molecule has 0 aliphatic carbocycles. The lowest BCUT2D eigenvalue weighted by atomic mass is 10.2. The molecule has 0 bridgehead atoms. The van der Waals surface area contributed by atoms with Gasteiger partial charge in [0.2, 0.25) is 0 Å². The van der Waals surface area contributed by atoms with Crippen LogP contribution in [-0.4, -0.2) is 36.1 Å². The van der Waals surface area contributed by atoms with Gasteiger partial charge >= 0.3 is 0 Å². The van der Waals surface area contributed by atoms with E-state index in [2.05, 4.69) is 25.8 Å². The fourth-order valence-electron chi connectivity index (χ4n) is 1.82. The molecule has 4 heteroatoms. The Labute approximate surface area is 121 Å². The lowest BCUT2D eigenvalue weighted by Crippen LogP contribution is -2.30. The summed E-state index contributed by atoms with van der Waals surface area (Å²) in [6, 6.07) is 8.26. The van der Waals surface area contributed by atoms with E-state index in [1.807, 2.05) is 24.3 Å². The van der Waals surface area contributed by atoms with Crippen LogP contribution in [0.25, 0.3) is 0 Å². The fourth-order valence-corrected chi connectivity index (χ4v) is 1.99. The van der Waals surface area contributed by atoms with Gasteiger partial charge in [0.05, 0.1) is 12.2 Å². The van der Waals surface area contributed by atoms with Gasteiger partial charge in [-0.1, -0.05) is 31.3 Å². The highest BCUT2D eigenvalue weighted by molar-refractivity contribution is 7.80. The van der Waals surface area contributed by atoms with Crippen molar-refractivity contribution in [2.75, 3.05) is 20.2 Å². The second-order valence-corrected chi connectivity index (χ2v) is 5.24. The van der Waals surface area contributed by atoms with Crippen LogP contribution in [0.3, 0.4) is 0 Å². The molecule has 0 radical (unpaired) electrons. The SMILES string of the molecule is CCC(C)N(C)CCCOc1ccccc1C(N)=S. The minimum absolute atomic E-state index is 0.382. The number of hydrogen-bond acceptors (Lipinski definition) is 3. The van der Waals surface area contributed by atoms with Crippen LogP contribution < -0.4 is 10.5 Å². The summed E-state index contributed by atoms with van der Waals surface area (Å²) in [5, 5.41) is 0. The molecular formula is C15H24N2OS. The third kappa shape index (κ3) is 5.17. The molecule has 0 aromatic heterocycles. The van der Waals surface area contributed by atoms with Crippen molar-refractivity contribution in [3.63, 3.8) is 0 Å². The molecule has 0 saturated heterocycles. The Bertz CT molecular complexity index is 409. The quantitative estimate of drug-likeness (QED) is 0.587. The van der Waals surface area contributed by atoms with Gasteiger partial charge in [-0.15, -0.1) is 0 Å². The number of nitrogens with zero attached hydrogens (tertiary/aromatic N) is 1.